The molecule has 0 unspecified atom stereocenters. The van der Waals surface area contributed by atoms with Crippen molar-refractivity contribution in [3.63, 3.8) is 0 Å². The highest BCUT2D eigenvalue weighted by atomic mass is 79.9. The van der Waals surface area contributed by atoms with Gasteiger partial charge in [0.15, 0.2) is 5.82 Å². The highest BCUT2D eigenvalue weighted by molar-refractivity contribution is 9.10. The van der Waals surface area contributed by atoms with E-state index in [9.17, 15) is 13.2 Å². The summed E-state index contributed by atoms with van der Waals surface area (Å²) in [5.41, 5.74) is 2.33. The topological polar surface area (TPSA) is 82.3 Å². The second kappa shape index (κ2) is 6.14. The third kappa shape index (κ3) is 4.20. The lowest BCUT2D eigenvalue weighted by Gasteiger charge is -2.11. The van der Waals surface area contributed by atoms with Crippen LogP contribution in [0.4, 0.5) is 19.0 Å². The van der Waals surface area contributed by atoms with Crippen molar-refractivity contribution in [3.05, 3.63) is 35.1 Å². The maximum absolute atomic E-state index is 12.0. The van der Waals surface area contributed by atoms with Crippen molar-refractivity contribution in [1.82, 2.24) is 9.97 Å². The van der Waals surface area contributed by atoms with Crippen molar-refractivity contribution in [2.75, 3.05) is 5.43 Å². The smallest absolute Gasteiger partial charge is 0.438 e. The Kier molecular flexibility index (Phi) is 4.48. The predicted octanol–water partition coefficient (Wildman–Crippen LogP) is 3.22. The van der Waals surface area contributed by atoms with E-state index in [1.807, 2.05) is 0 Å². The largest absolute Gasteiger partial charge is 0.573 e. The zero-order valence-corrected chi connectivity index (χ0v) is 11.8. The van der Waals surface area contributed by atoms with E-state index < -0.39 is 6.36 Å². The summed E-state index contributed by atoms with van der Waals surface area (Å²) < 4.78 is 45.6. The average Bonchev–Trinajstić information content (AvgIpc) is 2.42. The van der Waals surface area contributed by atoms with Crippen molar-refractivity contribution in [3.8, 4) is 17.4 Å². The second-order valence-electron chi connectivity index (χ2n) is 3.61. The lowest BCUT2D eigenvalue weighted by molar-refractivity contribution is -0.274. The van der Waals surface area contributed by atoms with Crippen LogP contribution in [0.2, 0.25) is 0 Å². The molecule has 0 amide bonds. The van der Waals surface area contributed by atoms with E-state index >= 15 is 0 Å². The van der Waals surface area contributed by atoms with E-state index in [0.29, 0.717) is 10.3 Å². The Morgan fingerprint density at radius 2 is 1.71 bits per heavy atom. The van der Waals surface area contributed by atoms with E-state index in [1.165, 1.54) is 18.5 Å². The number of hydrazine groups is 1. The Morgan fingerprint density at radius 1 is 1.10 bits per heavy atom. The van der Waals surface area contributed by atoms with Crippen LogP contribution in [0.3, 0.4) is 0 Å². The van der Waals surface area contributed by atoms with Gasteiger partial charge in [0.1, 0.15) is 22.3 Å². The molecule has 0 saturated heterocycles. The third-order valence-electron chi connectivity index (χ3n) is 2.17. The molecule has 6 nitrogen and oxygen atoms in total. The molecule has 3 N–H and O–H groups in total. The van der Waals surface area contributed by atoms with E-state index in [4.69, 9.17) is 10.6 Å². The molecule has 0 spiro atoms. The first-order chi connectivity index (χ1) is 9.89. The molecule has 112 valence electrons. The van der Waals surface area contributed by atoms with Crippen molar-refractivity contribution in [1.29, 1.82) is 0 Å². The maximum Gasteiger partial charge on any atom is 0.573 e. The van der Waals surface area contributed by atoms with Crippen molar-refractivity contribution in [2.45, 2.75) is 6.36 Å². The number of aromatic nitrogens is 2. The van der Waals surface area contributed by atoms with Crippen LogP contribution in [0.25, 0.3) is 0 Å². The molecule has 1 aromatic heterocycles. The molecule has 0 atom stereocenters. The molecule has 0 aliphatic carbocycles. The number of anilines is 1. The lowest BCUT2D eigenvalue weighted by Crippen LogP contribution is -2.16. The molecule has 2 rings (SSSR count). The molecular weight excluding hydrogens is 357 g/mol. The third-order valence-corrected chi connectivity index (χ3v) is 2.88. The molecule has 1 aromatic carbocycles. The van der Waals surface area contributed by atoms with Gasteiger partial charge in [-0.1, -0.05) is 0 Å². The maximum atomic E-state index is 12.0. The Balaban J connectivity index is 2.14. The normalized spacial score (nSPS) is 11.1. The van der Waals surface area contributed by atoms with E-state index in [-0.39, 0.29) is 17.4 Å². The lowest BCUT2D eigenvalue weighted by atomic mass is 10.3. The molecule has 0 radical (unpaired) electrons. The molecule has 1 heterocycles. The first-order valence-electron chi connectivity index (χ1n) is 5.40. The second-order valence-corrected chi connectivity index (χ2v) is 4.40. The van der Waals surface area contributed by atoms with Gasteiger partial charge in [-0.2, -0.15) is 0 Å². The quantitative estimate of drug-likeness (QED) is 0.640. The van der Waals surface area contributed by atoms with Crippen molar-refractivity contribution < 1.29 is 22.6 Å². The number of halogens is 4. The van der Waals surface area contributed by atoms with Crippen molar-refractivity contribution in [2.24, 2.45) is 5.84 Å². The van der Waals surface area contributed by atoms with Gasteiger partial charge in [-0.15, -0.1) is 13.2 Å². The summed E-state index contributed by atoms with van der Waals surface area (Å²) >= 11 is 3.19. The van der Waals surface area contributed by atoms with Gasteiger partial charge in [-0.25, -0.2) is 15.8 Å². The van der Waals surface area contributed by atoms with Gasteiger partial charge in [0.05, 0.1) is 0 Å². The zero-order valence-electron chi connectivity index (χ0n) is 10.2. The Bertz CT molecular complexity index is 622. The molecule has 0 aliphatic heterocycles. The molecule has 10 heteroatoms. The van der Waals surface area contributed by atoms with Crippen LogP contribution in [0, 0.1) is 0 Å². The summed E-state index contributed by atoms with van der Waals surface area (Å²) in [7, 11) is 0. The number of nitrogens with zero attached hydrogens (tertiary/aromatic N) is 2. The highest BCUT2D eigenvalue weighted by Gasteiger charge is 2.31. The number of nitrogen functional groups attached to an aromatic ring is 1. The van der Waals surface area contributed by atoms with Gasteiger partial charge in [-0.3, -0.25) is 0 Å². The number of benzene rings is 1. The molecule has 0 saturated carbocycles. The summed E-state index contributed by atoms with van der Waals surface area (Å²) in [4.78, 5) is 7.71. The molecule has 0 fully saturated rings. The fraction of sp³-hybridized carbons (Fsp3) is 0.0909. The summed E-state index contributed by atoms with van der Waals surface area (Å²) in [6.45, 7) is 0. The van der Waals surface area contributed by atoms with Gasteiger partial charge in [0.25, 0.3) is 0 Å². The van der Waals surface area contributed by atoms with Crippen LogP contribution in [-0.2, 0) is 0 Å². The number of nitrogens with one attached hydrogen (secondary N) is 1. The molecule has 0 bridgehead atoms. The minimum absolute atomic E-state index is 0.155. The van der Waals surface area contributed by atoms with Crippen LogP contribution >= 0.6 is 15.9 Å². The van der Waals surface area contributed by atoms with Crippen LogP contribution in [0.5, 0.6) is 17.4 Å². The minimum Gasteiger partial charge on any atom is -0.438 e. The average molecular weight is 365 g/mol. The SMILES string of the molecule is NNc1ncnc(Oc2ccc(OC(F)(F)F)cc2)c1Br. The van der Waals surface area contributed by atoms with Crippen LogP contribution in [-0.4, -0.2) is 16.3 Å². The van der Waals surface area contributed by atoms with Crippen molar-refractivity contribution >= 4 is 21.7 Å². The minimum atomic E-state index is -4.74. The Labute approximate surface area is 125 Å². The first kappa shape index (κ1) is 15.3. The Hall–Kier alpha value is -2.07. The molecule has 2 aromatic rings. The fourth-order valence-corrected chi connectivity index (χ4v) is 1.75. The summed E-state index contributed by atoms with van der Waals surface area (Å²) in [5.74, 6) is 5.62. The molecular formula is C11H8BrF3N4O2. The van der Waals surface area contributed by atoms with Crippen LogP contribution in [0.1, 0.15) is 0 Å². The fourth-order valence-electron chi connectivity index (χ4n) is 1.35. The Morgan fingerprint density at radius 3 is 2.29 bits per heavy atom. The summed E-state index contributed by atoms with van der Waals surface area (Å²) in [6.07, 6.45) is -3.52. The van der Waals surface area contributed by atoms with Crippen LogP contribution in [0.15, 0.2) is 35.1 Å². The van der Waals surface area contributed by atoms with Gasteiger partial charge in [0, 0.05) is 0 Å². The molecule has 21 heavy (non-hydrogen) atoms. The number of rotatable bonds is 4. The molecule has 0 aliphatic rings. The van der Waals surface area contributed by atoms with E-state index in [2.05, 4.69) is 36.1 Å². The highest BCUT2D eigenvalue weighted by Crippen LogP contribution is 2.32. The summed E-state index contributed by atoms with van der Waals surface area (Å²) in [5, 5.41) is 0. The van der Waals surface area contributed by atoms with Crippen LogP contribution < -0.4 is 20.7 Å². The number of hydrogen-bond donors (Lipinski definition) is 2. The number of ether oxygens (including phenoxy) is 2. The number of alkyl halides is 3. The summed E-state index contributed by atoms with van der Waals surface area (Å²) in [6, 6.07) is 4.87. The van der Waals surface area contributed by atoms with E-state index in [1.54, 1.807) is 0 Å². The van der Waals surface area contributed by atoms with Gasteiger partial charge in [-0.05, 0) is 40.2 Å². The predicted molar refractivity (Wildman–Crippen MR) is 70.7 cm³/mol. The standard InChI is InChI=1S/C11H8BrF3N4O2/c12-8-9(19-16)17-5-18-10(8)20-6-1-3-7(4-2-6)21-11(13,14)15/h1-5H,16H2,(H,17,18,19). The monoisotopic (exact) mass is 364 g/mol. The van der Waals surface area contributed by atoms with Gasteiger partial charge in [0.2, 0.25) is 5.88 Å². The van der Waals surface area contributed by atoms with E-state index in [0.717, 1.165) is 12.1 Å². The zero-order chi connectivity index (χ0) is 15.5. The number of nitrogens with two attached hydrogens (primary N) is 1. The van der Waals surface area contributed by atoms with Gasteiger partial charge < -0.3 is 14.9 Å². The van der Waals surface area contributed by atoms with Gasteiger partial charge >= 0.3 is 6.36 Å². The first-order valence-corrected chi connectivity index (χ1v) is 6.19. The number of hydrogen-bond acceptors (Lipinski definition) is 6.